The Morgan fingerprint density at radius 2 is 1.86 bits per heavy atom. The van der Waals surface area contributed by atoms with Crippen LogP contribution >= 0.6 is 12.2 Å². The van der Waals surface area contributed by atoms with E-state index >= 15 is 0 Å². The van der Waals surface area contributed by atoms with Crippen molar-refractivity contribution in [3.63, 3.8) is 0 Å². The molecule has 1 aliphatic heterocycles. The maximum Gasteiger partial charge on any atom is 0.177 e. The van der Waals surface area contributed by atoms with E-state index in [1.165, 1.54) is 0 Å². The van der Waals surface area contributed by atoms with Gasteiger partial charge in [0.15, 0.2) is 16.4 Å². The van der Waals surface area contributed by atoms with Crippen LogP contribution in [0.15, 0.2) is 18.3 Å². The number of hydrogen-bond donors (Lipinski definition) is 1. The average Bonchev–Trinajstić information content (AvgIpc) is 2.94. The first-order valence-corrected chi connectivity index (χ1v) is 6.70. The van der Waals surface area contributed by atoms with Crippen molar-refractivity contribution < 1.29 is 13.2 Å². The summed E-state index contributed by atoms with van der Waals surface area (Å²) >= 11 is 5.14. The first-order chi connectivity index (χ1) is 10.0. The van der Waals surface area contributed by atoms with Gasteiger partial charge in [-0.3, -0.25) is 0 Å². The van der Waals surface area contributed by atoms with E-state index in [2.05, 4.69) is 17.8 Å². The molecule has 2 nitrogen and oxygen atoms in total. The number of halogens is 3. The van der Waals surface area contributed by atoms with Gasteiger partial charge in [-0.2, -0.15) is 0 Å². The average molecular weight is 308 g/mol. The molecule has 6 heteroatoms. The highest BCUT2D eigenvalue weighted by Gasteiger charge is 2.62. The summed E-state index contributed by atoms with van der Waals surface area (Å²) in [6.07, 6.45) is 10.6. The summed E-state index contributed by atoms with van der Waals surface area (Å²) in [4.78, 5) is 2.95. The van der Waals surface area contributed by atoms with Gasteiger partial charge in [-0.1, -0.05) is 0 Å². The number of benzene rings is 1. The van der Waals surface area contributed by atoms with E-state index < -0.39 is 22.9 Å². The molecule has 0 bridgehead atoms. The zero-order valence-electron chi connectivity index (χ0n) is 10.9. The van der Waals surface area contributed by atoms with E-state index in [1.54, 1.807) is 0 Å². The van der Waals surface area contributed by atoms with Gasteiger partial charge >= 0.3 is 0 Å². The summed E-state index contributed by atoms with van der Waals surface area (Å²) < 4.78 is 42.8. The molecule has 21 heavy (non-hydrogen) atoms. The van der Waals surface area contributed by atoms with Crippen molar-refractivity contribution in [3.05, 3.63) is 51.8 Å². The number of H-pyrrole nitrogens is 1. The van der Waals surface area contributed by atoms with Gasteiger partial charge in [0.1, 0.15) is 5.82 Å². The minimum Gasteiger partial charge on any atom is -0.337 e. The maximum absolute atomic E-state index is 13.9. The van der Waals surface area contributed by atoms with Crippen LogP contribution in [0.5, 0.6) is 0 Å². The van der Waals surface area contributed by atoms with Crippen LogP contribution in [0.3, 0.4) is 0 Å². The zero-order chi connectivity index (χ0) is 15.4. The zero-order valence-corrected chi connectivity index (χ0v) is 11.7. The molecule has 0 radical (unpaired) electrons. The molecular formula is C15H11F3N2S. The summed E-state index contributed by atoms with van der Waals surface area (Å²) in [5, 5.41) is 0. The lowest BCUT2D eigenvalue weighted by atomic mass is 9.93. The molecule has 1 saturated carbocycles. The van der Waals surface area contributed by atoms with Gasteiger partial charge in [0.25, 0.3) is 0 Å². The second-order valence-electron chi connectivity index (χ2n) is 5.26. The topological polar surface area (TPSA) is 20.7 Å². The number of terminal acetylenes is 1. The van der Waals surface area contributed by atoms with Crippen LogP contribution in [0.25, 0.3) is 0 Å². The van der Waals surface area contributed by atoms with Gasteiger partial charge in [-0.05, 0) is 30.3 Å². The molecule has 1 aromatic heterocycles. The Balaban J connectivity index is 0.000000636. The minimum atomic E-state index is -1.15. The second-order valence-corrected chi connectivity index (χ2v) is 5.65. The van der Waals surface area contributed by atoms with Crippen LogP contribution in [0.2, 0.25) is 0 Å². The van der Waals surface area contributed by atoms with Crippen molar-refractivity contribution in [2.75, 3.05) is 0 Å². The molecule has 0 spiro atoms. The first kappa shape index (κ1) is 14.0. The first-order valence-electron chi connectivity index (χ1n) is 6.29. The van der Waals surface area contributed by atoms with E-state index in [4.69, 9.17) is 12.2 Å². The molecule has 2 heterocycles. The fraction of sp³-hybridized carbons (Fsp3) is 0.267. The van der Waals surface area contributed by atoms with Crippen LogP contribution in [0.4, 0.5) is 13.2 Å². The van der Waals surface area contributed by atoms with Crippen molar-refractivity contribution in [1.29, 1.82) is 0 Å². The van der Waals surface area contributed by atoms with Gasteiger partial charge < -0.3 is 9.55 Å². The van der Waals surface area contributed by atoms with Crippen molar-refractivity contribution in [1.82, 2.24) is 9.55 Å². The van der Waals surface area contributed by atoms with Crippen LogP contribution in [0.1, 0.15) is 23.6 Å². The van der Waals surface area contributed by atoms with Crippen molar-refractivity contribution in [3.8, 4) is 12.8 Å². The highest BCUT2D eigenvalue weighted by Crippen LogP contribution is 2.65. The molecule has 1 unspecified atom stereocenters. The number of aromatic nitrogens is 2. The third-order valence-electron chi connectivity index (χ3n) is 4.32. The lowest BCUT2D eigenvalue weighted by Gasteiger charge is -2.14. The summed E-state index contributed by atoms with van der Waals surface area (Å²) in [7, 11) is 0. The Kier molecular flexibility index (Phi) is 2.99. The number of nitrogens with zero attached hydrogens (tertiary/aromatic N) is 1. The smallest absolute Gasteiger partial charge is 0.177 e. The third-order valence-corrected chi connectivity index (χ3v) is 4.66. The number of aromatic amines is 1. The van der Waals surface area contributed by atoms with E-state index in [0.29, 0.717) is 17.4 Å². The fourth-order valence-electron chi connectivity index (χ4n) is 3.30. The highest BCUT2D eigenvalue weighted by atomic mass is 32.1. The van der Waals surface area contributed by atoms with Crippen molar-refractivity contribution in [2.45, 2.75) is 24.3 Å². The number of imidazole rings is 1. The number of rotatable bonds is 1. The van der Waals surface area contributed by atoms with E-state index in [9.17, 15) is 13.2 Å². The van der Waals surface area contributed by atoms with Crippen LogP contribution < -0.4 is 0 Å². The molecule has 2 aliphatic rings. The molecular weight excluding hydrogens is 297 g/mol. The fourth-order valence-corrected chi connectivity index (χ4v) is 3.53. The summed E-state index contributed by atoms with van der Waals surface area (Å²) in [5.41, 5.74) is 0.833. The van der Waals surface area contributed by atoms with Crippen molar-refractivity contribution >= 4 is 12.2 Å². The van der Waals surface area contributed by atoms with E-state index in [1.807, 2.05) is 10.8 Å². The molecule has 1 aromatic carbocycles. The molecule has 1 aliphatic carbocycles. The van der Waals surface area contributed by atoms with Gasteiger partial charge in [0.2, 0.25) is 0 Å². The molecule has 0 saturated heterocycles. The second kappa shape index (κ2) is 4.50. The molecule has 0 amide bonds. The largest absolute Gasteiger partial charge is 0.337 e. The molecule has 1 fully saturated rings. The third kappa shape index (κ3) is 1.77. The Bertz CT molecular complexity index is 805. The summed E-state index contributed by atoms with van der Waals surface area (Å²) in [6, 6.07) is 1.62. The van der Waals surface area contributed by atoms with Crippen LogP contribution in [0, 0.1) is 35.1 Å². The molecule has 2 atom stereocenters. The Morgan fingerprint density at radius 1 is 1.19 bits per heavy atom. The Labute approximate surface area is 124 Å². The highest BCUT2D eigenvalue weighted by molar-refractivity contribution is 7.71. The number of nitrogens with one attached hydrogen (secondary N) is 1. The number of hydrogen-bond acceptors (Lipinski definition) is 1. The van der Waals surface area contributed by atoms with Crippen LogP contribution in [-0.4, -0.2) is 9.55 Å². The summed E-state index contributed by atoms with van der Waals surface area (Å²) in [5.74, 6) is -2.69. The quantitative estimate of drug-likeness (QED) is 0.484. The SMILES string of the molecule is C#C.Fc1cc(F)c([C@]23CC2c2c[nH]c(=S)n2C3)cc1F. The normalized spacial score (nSPS) is 24.7. The lowest BCUT2D eigenvalue weighted by molar-refractivity contribution is 0.473. The van der Waals surface area contributed by atoms with Gasteiger partial charge in [-0.15, -0.1) is 12.8 Å². The predicted octanol–water partition coefficient (Wildman–Crippen LogP) is 3.65. The summed E-state index contributed by atoms with van der Waals surface area (Å²) in [6.45, 7) is 0.525. The number of fused-ring (bicyclic) bond motifs is 3. The van der Waals surface area contributed by atoms with Crippen molar-refractivity contribution in [2.24, 2.45) is 0 Å². The molecule has 108 valence electrons. The Hall–Kier alpha value is -2.00. The lowest BCUT2D eigenvalue weighted by Crippen LogP contribution is -2.15. The predicted molar refractivity (Wildman–Crippen MR) is 74.9 cm³/mol. The molecule has 4 rings (SSSR count). The van der Waals surface area contributed by atoms with Crippen LogP contribution in [-0.2, 0) is 12.0 Å². The monoisotopic (exact) mass is 308 g/mol. The minimum absolute atomic E-state index is 0.139. The molecule has 2 aromatic rings. The Morgan fingerprint density at radius 3 is 2.52 bits per heavy atom. The van der Waals surface area contributed by atoms with E-state index in [0.717, 1.165) is 18.2 Å². The van der Waals surface area contributed by atoms with E-state index in [-0.39, 0.29) is 11.5 Å². The van der Waals surface area contributed by atoms with Gasteiger partial charge in [0.05, 0.1) is 0 Å². The van der Waals surface area contributed by atoms with Gasteiger partial charge in [-0.25, -0.2) is 13.2 Å². The standard InChI is InChI=1S/C13H9F3N2S.C2H2/c14-8-2-10(16)9(15)1-6(8)13-3-7(13)11-4-17-12(19)18(11)5-13;1-2/h1-2,4,7H,3,5H2,(H,17,19);1-2H/t7?,13-;/m1./s1. The van der Waals surface area contributed by atoms with Gasteiger partial charge in [0, 0.05) is 35.8 Å². The maximum atomic E-state index is 13.9. The molecule has 1 N–H and O–H groups in total.